The molecule has 1 aliphatic rings. The predicted molar refractivity (Wildman–Crippen MR) is 79.2 cm³/mol. The molecule has 3 rings (SSSR count). The molecule has 0 amide bonds. The molecule has 1 aliphatic heterocycles. The lowest BCUT2D eigenvalue weighted by molar-refractivity contribution is 0.199. The van der Waals surface area contributed by atoms with Crippen molar-refractivity contribution in [3.05, 3.63) is 58.4 Å². The minimum Gasteiger partial charge on any atom is -0.389 e. The third kappa shape index (κ3) is 2.28. The van der Waals surface area contributed by atoms with E-state index in [1.165, 1.54) is 6.07 Å². The lowest BCUT2D eigenvalue weighted by Crippen LogP contribution is -2.14. The lowest BCUT2D eigenvalue weighted by atomic mass is 10.1. The fraction of sp³-hybridized carbons (Fsp3) is 0.250. The predicted octanol–water partition coefficient (Wildman–Crippen LogP) is 4.23. The summed E-state index contributed by atoms with van der Waals surface area (Å²) in [5.41, 5.74) is 3.62. The third-order valence-electron chi connectivity index (χ3n) is 3.69. The van der Waals surface area contributed by atoms with Crippen LogP contribution < -0.4 is 4.90 Å². The molecule has 1 N–H and O–H groups in total. The maximum Gasteiger partial charge on any atom is 0.125 e. The van der Waals surface area contributed by atoms with Gasteiger partial charge in [-0.25, -0.2) is 4.39 Å². The molecule has 0 unspecified atom stereocenters. The van der Waals surface area contributed by atoms with Crippen LogP contribution in [0.4, 0.5) is 15.8 Å². The first-order valence-electron chi connectivity index (χ1n) is 6.60. The van der Waals surface area contributed by atoms with Crippen LogP contribution in [0.25, 0.3) is 0 Å². The second kappa shape index (κ2) is 5.08. The van der Waals surface area contributed by atoms with Gasteiger partial charge in [-0.2, -0.15) is 0 Å². The molecule has 0 spiro atoms. The van der Waals surface area contributed by atoms with Crippen molar-refractivity contribution in [3.8, 4) is 0 Å². The number of fused-ring (bicyclic) bond motifs is 1. The fourth-order valence-electron chi connectivity index (χ4n) is 2.60. The molecule has 2 aromatic carbocycles. The summed E-state index contributed by atoms with van der Waals surface area (Å²) in [5.74, 6) is -0.243. The Hall–Kier alpha value is -1.58. The van der Waals surface area contributed by atoms with E-state index in [4.69, 9.17) is 11.6 Å². The summed E-state index contributed by atoms with van der Waals surface area (Å²) in [6.07, 6.45) is 0.328. The van der Waals surface area contributed by atoms with Crippen molar-refractivity contribution in [3.63, 3.8) is 0 Å². The Morgan fingerprint density at radius 1 is 1.20 bits per heavy atom. The molecule has 0 saturated heterocycles. The van der Waals surface area contributed by atoms with Crippen LogP contribution in [-0.2, 0) is 6.42 Å². The first-order chi connectivity index (χ1) is 9.56. The van der Waals surface area contributed by atoms with Crippen LogP contribution in [0.3, 0.4) is 0 Å². The number of nitrogens with zero attached hydrogens (tertiary/aromatic N) is 1. The number of halogens is 2. The Morgan fingerprint density at radius 2 is 2.00 bits per heavy atom. The smallest absolute Gasteiger partial charge is 0.125 e. The van der Waals surface area contributed by atoms with Gasteiger partial charge in [0.25, 0.3) is 0 Å². The Labute approximate surface area is 122 Å². The molecule has 2 aromatic rings. The molecule has 1 heterocycles. The molecular weight excluding hydrogens is 277 g/mol. The third-order valence-corrected chi connectivity index (χ3v) is 3.99. The molecule has 0 aromatic heterocycles. The van der Waals surface area contributed by atoms with E-state index < -0.39 is 6.10 Å². The van der Waals surface area contributed by atoms with Crippen molar-refractivity contribution in [2.75, 3.05) is 11.4 Å². The topological polar surface area (TPSA) is 23.5 Å². The summed E-state index contributed by atoms with van der Waals surface area (Å²) in [4.78, 5) is 2.02. The van der Waals surface area contributed by atoms with Gasteiger partial charge in [-0.3, -0.25) is 0 Å². The highest BCUT2D eigenvalue weighted by Crippen LogP contribution is 2.39. The van der Waals surface area contributed by atoms with Gasteiger partial charge in [-0.1, -0.05) is 23.7 Å². The summed E-state index contributed by atoms with van der Waals surface area (Å²) < 4.78 is 13.4. The zero-order valence-electron chi connectivity index (χ0n) is 11.1. The average molecular weight is 292 g/mol. The highest BCUT2D eigenvalue weighted by Gasteiger charge is 2.22. The summed E-state index contributed by atoms with van der Waals surface area (Å²) in [6, 6.07) is 10.3. The second-order valence-electron chi connectivity index (χ2n) is 5.06. The Morgan fingerprint density at radius 3 is 2.70 bits per heavy atom. The SMILES string of the molecule is C[C@@H](O)c1ccc(N2CCc3ccc(F)cc32)c(Cl)c1. The lowest BCUT2D eigenvalue weighted by Gasteiger charge is -2.21. The van der Waals surface area contributed by atoms with Crippen molar-refractivity contribution in [1.29, 1.82) is 0 Å². The number of hydrogen-bond acceptors (Lipinski definition) is 2. The van der Waals surface area contributed by atoms with Crippen LogP contribution in [-0.4, -0.2) is 11.7 Å². The second-order valence-corrected chi connectivity index (χ2v) is 5.47. The van der Waals surface area contributed by atoms with E-state index in [1.807, 2.05) is 23.1 Å². The van der Waals surface area contributed by atoms with Crippen molar-refractivity contribution in [2.45, 2.75) is 19.4 Å². The minimum atomic E-state index is -0.551. The normalized spacial score (nSPS) is 15.3. The van der Waals surface area contributed by atoms with Gasteiger partial charge >= 0.3 is 0 Å². The van der Waals surface area contributed by atoms with Crippen molar-refractivity contribution in [1.82, 2.24) is 0 Å². The van der Waals surface area contributed by atoms with E-state index in [0.717, 1.165) is 35.5 Å². The van der Waals surface area contributed by atoms with Gasteiger partial charge in [0.1, 0.15) is 5.82 Å². The molecule has 0 bridgehead atoms. The highest BCUT2D eigenvalue weighted by atomic mass is 35.5. The first kappa shape index (κ1) is 13.4. The highest BCUT2D eigenvalue weighted by molar-refractivity contribution is 6.33. The molecule has 0 fully saturated rings. The number of aliphatic hydroxyl groups excluding tert-OH is 1. The largest absolute Gasteiger partial charge is 0.389 e. The standard InChI is InChI=1S/C16H15ClFNO/c1-10(20)12-3-5-15(14(17)8-12)19-7-6-11-2-4-13(18)9-16(11)19/h2-5,8-10,20H,6-7H2,1H3/t10-/m1/s1. The molecule has 104 valence electrons. The summed E-state index contributed by atoms with van der Waals surface area (Å²) >= 11 is 6.31. The van der Waals surface area contributed by atoms with E-state index in [2.05, 4.69) is 0 Å². The molecule has 2 nitrogen and oxygen atoms in total. The van der Waals surface area contributed by atoms with Crippen LogP contribution in [0.5, 0.6) is 0 Å². The number of rotatable bonds is 2. The van der Waals surface area contributed by atoms with Crippen LogP contribution in [0, 0.1) is 5.82 Å². The fourth-order valence-corrected chi connectivity index (χ4v) is 2.90. The van der Waals surface area contributed by atoms with Gasteiger partial charge < -0.3 is 10.0 Å². The summed E-state index contributed by atoms with van der Waals surface area (Å²) in [7, 11) is 0. The number of aliphatic hydroxyl groups is 1. The van der Waals surface area contributed by atoms with E-state index in [-0.39, 0.29) is 5.82 Å². The average Bonchev–Trinajstić information content (AvgIpc) is 2.81. The van der Waals surface area contributed by atoms with E-state index in [1.54, 1.807) is 19.1 Å². The molecule has 4 heteroatoms. The maximum absolute atomic E-state index is 13.4. The Bertz CT molecular complexity index is 657. The molecule has 1 atom stereocenters. The van der Waals surface area contributed by atoms with Crippen LogP contribution in [0.2, 0.25) is 5.02 Å². The van der Waals surface area contributed by atoms with E-state index >= 15 is 0 Å². The van der Waals surface area contributed by atoms with E-state index in [9.17, 15) is 9.50 Å². The van der Waals surface area contributed by atoms with Gasteiger partial charge in [0, 0.05) is 12.2 Å². The van der Waals surface area contributed by atoms with Crippen molar-refractivity contribution in [2.24, 2.45) is 0 Å². The van der Waals surface area contributed by atoms with Gasteiger partial charge in [0.05, 0.1) is 16.8 Å². The van der Waals surface area contributed by atoms with Crippen LogP contribution in [0.1, 0.15) is 24.2 Å². The van der Waals surface area contributed by atoms with E-state index in [0.29, 0.717) is 5.02 Å². The van der Waals surface area contributed by atoms with Gasteiger partial charge in [-0.05, 0) is 48.7 Å². The minimum absolute atomic E-state index is 0.243. The van der Waals surface area contributed by atoms with Crippen LogP contribution in [0.15, 0.2) is 36.4 Å². The molecule has 0 radical (unpaired) electrons. The first-order valence-corrected chi connectivity index (χ1v) is 6.97. The van der Waals surface area contributed by atoms with Gasteiger partial charge in [-0.15, -0.1) is 0 Å². The molecule has 0 aliphatic carbocycles. The summed E-state index contributed by atoms with van der Waals surface area (Å²) in [6.45, 7) is 2.48. The van der Waals surface area contributed by atoms with Crippen LogP contribution >= 0.6 is 11.6 Å². The number of hydrogen-bond donors (Lipinski definition) is 1. The van der Waals surface area contributed by atoms with Crippen molar-refractivity contribution >= 4 is 23.0 Å². The maximum atomic E-state index is 13.4. The summed E-state index contributed by atoms with van der Waals surface area (Å²) in [5, 5.41) is 10.1. The molecule has 0 saturated carbocycles. The zero-order valence-corrected chi connectivity index (χ0v) is 11.9. The zero-order chi connectivity index (χ0) is 14.3. The number of anilines is 2. The monoisotopic (exact) mass is 291 g/mol. The Balaban J connectivity index is 2.02. The molecular formula is C16H15ClFNO. The number of benzene rings is 2. The quantitative estimate of drug-likeness (QED) is 0.895. The van der Waals surface area contributed by atoms with Gasteiger partial charge in [0.2, 0.25) is 0 Å². The van der Waals surface area contributed by atoms with Crippen molar-refractivity contribution < 1.29 is 9.50 Å². The Kier molecular flexibility index (Phi) is 3.40. The molecule has 20 heavy (non-hydrogen) atoms. The van der Waals surface area contributed by atoms with Gasteiger partial charge in [0.15, 0.2) is 0 Å².